The Morgan fingerprint density at radius 1 is 1.15 bits per heavy atom. The number of methoxy groups -OCH3 is 2. The monoisotopic (exact) mass is 381 g/mol. The molecule has 0 fully saturated rings. The number of rotatable bonds is 5. The van der Waals surface area contributed by atoms with E-state index in [9.17, 15) is 18.0 Å². The van der Waals surface area contributed by atoms with E-state index in [1.807, 2.05) is 0 Å². The summed E-state index contributed by atoms with van der Waals surface area (Å²) in [7, 11) is -2.11. The summed E-state index contributed by atoms with van der Waals surface area (Å²) in [5.74, 6) is -0.763. The number of esters is 1. The number of carbonyl (C=O) groups is 2. The Bertz CT molecular complexity index is 976. The molecular weight excluding hydrogens is 366 g/mol. The summed E-state index contributed by atoms with van der Waals surface area (Å²) in [6.07, 6.45) is 0. The molecular formula is C14H15N5O6S. The lowest BCUT2D eigenvalue weighted by Crippen LogP contribution is -2.36. The highest BCUT2D eigenvalue weighted by Gasteiger charge is 2.29. The Hall–Kier alpha value is -3.28. The molecule has 138 valence electrons. The third-order valence-corrected chi connectivity index (χ3v) is 4.52. The van der Waals surface area contributed by atoms with Gasteiger partial charge in [0.1, 0.15) is 10.7 Å². The lowest BCUT2D eigenvalue weighted by atomic mass is 10.1. The smallest absolute Gasteiger partial charge is 0.339 e. The minimum Gasteiger partial charge on any atom is -0.467 e. The number of urea groups is 1. The van der Waals surface area contributed by atoms with Crippen LogP contribution in [0.5, 0.6) is 6.01 Å². The Morgan fingerprint density at radius 3 is 2.42 bits per heavy atom. The third-order valence-electron chi connectivity index (χ3n) is 3.07. The number of benzene rings is 1. The molecule has 12 heteroatoms. The molecule has 2 amide bonds. The molecule has 0 aliphatic carbocycles. The normalized spacial score (nSPS) is 10.9. The first-order valence-electron chi connectivity index (χ1n) is 7.00. The van der Waals surface area contributed by atoms with Crippen LogP contribution >= 0.6 is 0 Å². The fraction of sp³-hybridized carbons (Fsp3) is 0.214. The number of amides is 2. The van der Waals surface area contributed by atoms with Gasteiger partial charge >= 0.3 is 18.0 Å². The largest absolute Gasteiger partial charge is 0.467 e. The minimum absolute atomic E-state index is 0.0535. The lowest BCUT2D eigenvalue weighted by Gasteiger charge is -2.14. The van der Waals surface area contributed by atoms with Gasteiger partial charge < -0.3 is 15.2 Å². The van der Waals surface area contributed by atoms with Crippen LogP contribution in [0.3, 0.4) is 0 Å². The molecule has 3 N–H and O–H groups in total. The zero-order valence-corrected chi connectivity index (χ0v) is 14.8. The fourth-order valence-electron chi connectivity index (χ4n) is 2.13. The highest BCUT2D eigenvalue weighted by molar-refractivity contribution is 7.90. The van der Waals surface area contributed by atoms with Crippen molar-refractivity contribution in [3.05, 3.63) is 29.6 Å². The van der Waals surface area contributed by atoms with Gasteiger partial charge in [0.15, 0.2) is 5.82 Å². The number of nitrogens with two attached hydrogens (primary N) is 1. The molecule has 0 saturated carbocycles. The number of carbonyl (C=O) groups excluding carboxylic acids is 2. The standard InChI is InChI=1S/C14H15N5O6S/c1-7-16-11(18-14(17-7)25-3)8-5-4-6-9(12(20)24-2)10(8)26(22,23)19-13(15)21/h4-6H,1-3H3,(H3,15,19,21). The van der Waals surface area contributed by atoms with Crippen molar-refractivity contribution in [2.45, 2.75) is 11.8 Å². The van der Waals surface area contributed by atoms with E-state index in [0.717, 1.165) is 7.11 Å². The van der Waals surface area contributed by atoms with E-state index in [1.165, 1.54) is 25.3 Å². The SMILES string of the molecule is COC(=O)c1cccc(-c2nc(C)nc(OC)n2)c1S(=O)(=O)NC(N)=O. The van der Waals surface area contributed by atoms with E-state index in [1.54, 1.807) is 11.6 Å². The predicted octanol–water partition coefficient (Wildman–Crippen LogP) is -0.000780. The highest BCUT2D eigenvalue weighted by Crippen LogP contribution is 2.29. The zero-order valence-electron chi connectivity index (χ0n) is 14.0. The number of aryl methyl sites for hydroxylation is 1. The van der Waals surface area contributed by atoms with Crippen molar-refractivity contribution in [1.82, 2.24) is 19.7 Å². The maximum atomic E-state index is 12.6. The number of primary amides is 1. The average Bonchev–Trinajstić information content (AvgIpc) is 2.58. The number of hydrogen-bond acceptors (Lipinski definition) is 9. The van der Waals surface area contributed by atoms with E-state index in [0.29, 0.717) is 0 Å². The predicted molar refractivity (Wildman–Crippen MR) is 87.8 cm³/mol. The Labute approximate surface area is 148 Å². The summed E-state index contributed by atoms with van der Waals surface area (Å²) in [6.45, 7) is 1.55. The second kappa shape index (κ2) is 7.31. The molecule has 2 rings (SSSR count). The molecule has 1 aromatic heterocycles. The van der Waals surface area contributed by atoms with E-state index < -0.39 is 26.9 Å². The topological polar surface area (TPSA) is 163 Å². The van der Waals surface area contributed by atoms with Gasteiger partial charge in [0.05, 0.1) is 19.8 Å². The molecule has 26 heavy (non-hydrogen) atoms. The summed E-state index contributed by atoms with van der Waals surface area (Å²) in [4.78, 5) is 34.6. The number of nitrogens with zero attached hydrogens (tertiary/aromatic N) is 3. The van der Waals surface area contributed by atoms with Gasteiger partial charge in [0, 0.05) is 5.56 Å². The van der Waals surface area contributed by atoms with E-state index in [2.05, 4.69) is 19.7 Å². The van der Waals surface area contributed by atoms with Crippen molar-refractivity contribution in [3.63, 3.8) is 0 Å². The molecule has 1 heterocycles. The summed E-state index contributed by atoms with van der Waals surface area (Å²) in [6, 6.07) is 2.62. The third kappa shape index (κ3) is 3.85. The van der Waals surface area contributed by atoms with Gasteiger partial charge in [-0.2, -0.15) is 9.97 Å². The first-order chi connectivity index (χ1) is 12.2. The quantitative estimate of drug-likeness (QED) is 0.678. The lowest BCUT2D eigenvalue weighted by molar-refractivity contribution is 0.0596. The van der Waals surface area contributed by atoms with Gasteiger partial charge in [-0.05, 0) is 19.1 Å². The summed E-state index contributed by atoms with van der Waals surface area (Å²) < 4.78 is 36.4. The fourth-order valence-corrected chi connectivity index (χ4v) is 3.38. The Morgan fingerprint density at radius 2 is 1.85 bits per heavy atom. The van der Waals surface area contributed by atoms with Gasteiger partial charge in [-0.25, -0.2) is 27.7 Å². The molecule has 0 atom stereocenters. The number of nitrogens with one attached hydrogen (secondary N) is 1. The molecule has 0 unspecified atom stereocenters. The van der Waals surface area contributed by atoms with Crippen molar-refractivity contribution in [3.8, 4) is 17.4 Å². The number of sulfonamides is 1. The summed E-state index contributed by atoms with van der Waals surface area (Å²) >= 11 is 0. The van der Waals surface area contributed by atoms with Gasteiger partial charge in [0.2, 0.25) is 0 Å². The van der Waals surface area contributed by atoms with Crippen LogP contribution < -0.4 is 15.2 Å². The molecule has 2 aromatic rings. The van der Waals surface area contributed by atoms with Crippen molar-refractivity contribution in [1.29, 1.82) is 0 Å². The molecule has 0 radical (unpaired) electrons. The number of aromatic nitrogens is 3. The number of hydrogen-bond donors (Lipinski definition) is 2. The van der Waals surface area contributed by atoms with Crippen molar-refractivity contribution < 1.29 is 27.5 Å². The van der Waals surface area contributed by atoms with Crippen LogP contribution in [0, 0.1) is 6.92 Å². The first kappa shape index (κ1) is 19.1. The number of ether oxygens (including phenoxy) is 2. The van der Waals surface area contributed by atoms with Crippen LogP contribution in [0.4, 0.5) is 4.79 Å². The van der Waals surface area contributed by atoms with Crippen LogP contribution in [0.1, 0.15) is 16.2 Å². The zero-order chi connectivity index (χ0) is 19.5. The average molecular weight is 381 g/mol. The maximum absolute atomic E-state index is 12.6. The summed E-state index contributed by atoms with van der Waals surface area (Å²) in [5.41, 5.74) is 4.54. The van der Waals surface area contributed by atoms with Crippen molar-refractivity contribution in [2.24, 2.45) is 5.73 Å². The molecule has 0 aliphatic rings. The highest BCUT2D eigenvalue weighted by atomic mass is 32.2. The van der Waals surface area contributed by atoms with Crippen LogP contribution in [-0.2, 0) is 14.8 Å². The molecule has 11 nitrogen and oxygen atoms in total. The van der Waals surface area contributed by atoms with Crippen molar-refractivity contribution >= 4 is 22.0 Å². The first-order valence-corrected chi connectivity index (χ1v) is 8.48. The van der Waals surface area contributed by atoms with Crippen LogP contribution in [0.15, 0.2) is 23.1 Å². The Kier molecular flexibility index (Phi) is 5.35. The van der Waals surface area contributed by atoms with Crippen LogP contribution in [-0.4, -0.2) is 49.6 Å². The molecule has 0 saturated heterocycles. The molecule has 0 spiro atoms. The summed E-state index contributed by atoms with van der Waals surface area (Å²) in [5, 5.41) is 0. The minimum atomic E-state index is -4.52. The van der Waals surface area contributed by atoms with E-state index >= 15 is 0 Å². The molecule has 1 aromatic carbocycles. The van der Waals surface area contributed by atoms with E-state index in [4.69, 9.17) is 10.5 Å². The maximum Gasteiger partial charge on any atom is 0.339 e. The molecule has 0 bridgehead atoms. The van der Waals surface area contributed by atoms with Gasteiger partial charge in [-0.15, -0.1) is 0 Å². The second-order valence-electron chi connectivity index (χ2n) is 4.84. The van der Waals surface area contributed by atoms with Gasteiger partial charge in [-0.1, -0.05) is 6.07 Å². The van der Waals surface area contributed by atoms with Gasteiger partial charge in [-0.3, -0.25) is 0 Å². The second-order valence-corrected chi connectivity index (χ2v) is 6.46. The van der Waals surface area contributed by atoms with Crippen LogP contribution in [0.25, 0.3) is 11.4 Å². The van der Waals surface area contributed by atoms with Gasteiger partial charge in [0.25, 0.3) is 10.0 Å². The van der Waals surface area contributed by atoms with Crippen molar-refractivity contribution in [2.75, 3.05) is 14.2 Å². The van der Waals surface area contributed by atoms with Crippen LogP contribution in [0.2, 0.25) is 0 Å². The molecule has 0 aliphatic heterocycles. The Balaban J connectivity index is 2.85. The van der Waals surface area contributed by atoms with E-state index in [-0.39, 0.29) is 28.8 Å².